The minimum absolute atomic E-state index is 0.0482. The molecule has 144 valence electrons. The number of benzene rings is 1. The molecule has 3 heterocycles. The van der Waals surface area contributed by atoms with Crippen LogP contribution in [0.2, 0.25) is 0 Å². The van der Waals surface area contributed by atoms with Gasteiger partial charge in [-0.2, -0.15) is 5.26 Å². The van der Waals surface area contributed by atoms with Gasteiger partial charge in [0, 0.05) is 43.9 Å². The van der Waals surface area contributed by atoms with Gasteiger partial charge in [0.05, 0.1) is 17.3 Å². The minimum Gasteiger partial charge on any atom is -0.256 e. The fourth-order valence-electron chi connectivity index (χ4n) is 4.06. The average Bonchev–Trinajstić information content (AvgIpc) is 3.50. The molecule has 1 aromatic carbocycles. The highest BCUT2D eigenvalue weighted by molar-refractivity contribution is 7.26. The molecule has 4 heteroatoms. The second-order valence-electron chi connectivity index (χ2n) is 7.37. The van der Waals surface area contributed by atoms with E-state index in [0.29, 0.717) is 50.0 Å². The molecule has 0 unspecified atom stereocenters. The zero-order chi connectivity index (χ0) is 26.8. The third kappa shape index (κ3) is 3.20. The largest absolute Gasteiger partial charge is 0.256 e. The Morgan fingerprint density at radius 3 is 2.93 bits per heavy atom. The van der Waals surface area contributed by atoms with Crippen LogP contribution in [0.15, 0.2) is 36.5 Å². The quantitative estimate of drug-likeness (QED) is 0.379. The predicted molar refractivity (Wildman–Crippen MR) is 120 cm³/mol. The number of nitriles is 1. The van der Waals surface area contributed by atoms with Crippen molar-refractivity contribution < 1.29 is 11.0 Å². The van der Waals surface area contributed by atoms with Gasteiger partial charge < -0.3 is 0 Å². The molecular weight excluding hydrogens is 374 g/mol. The van der Waals surface area contributed by atoms with Crippen molar-refractivity contribution in [3.8, 4) is 17.3 Å². The van der Waals surface area contributed by atoms with Crippen LogP contribution in [0.25, 0.3) is 31.6 Å². The van der Waals surface area contributed by atoms with Crippen molar-refractivity contribution in [1.82, 2.24) is 9.97 Å². The first-order chi connectivity index (χ1) is 17.3. The molecular formula is C25H23N3S. The maximum absolute atomic E-state index is 9.75. The van der Waals surface area contributed by atoms with Gasteiger partial charge in [-0.3, -0.25) is 4.98 Å². The van der Waals surface area contributed by atoms with Crippen LogP contribution in [0.4, 0.5) is 0 Å². The zero-order valence-electron chi connectivity index (χ0n) is 23.6. The predicted octanol–water partition coefficient (Wildman–Crippen LogP) is 6.73. The molecule has 3 nitrogen and oxygen atoms in total. The summed E-state index contributed by atoms with van der Waals surface area (Å²) in [6, 6.07) is 10.0. The van der Waals surface area contributed by atoms with E-state index in [9.17, 15) is 5.26 Å². The van der Waals surface area contributed by atoms with Crippen LogP contribution in [-0.2, 0) is 6.37 Å². The summed E-state index contributed by atoms with van der Waals surface area (Å²) in [5, 5.41) is 11.0. The Bertz CT molecular complexity index is 1560. The van der Waals surface area contributed by atoms with Gasteiger partial charge in [-0.15, -0.1) is 11.3 Å². The molecule has 5 rings (SSSR count). The topological polar surface area (TPSA) is 49.6 Å². The number of nitrogens with zero attached hydrogens (tertiary/aromatic N) is 3. The molecule has 4 aromatic rings. The van der Waals surface area contributed by atoms with E-state index in [2.05, 4.69) is 16.0 Å². The number of fused-ring (bicyclic) bond motifs is 3. The Labute approximate surface area is 186 Å². The van der Waals surface area contributed by atoms with E-state index in [1.54, 1.807) is 18.2 Å². The van der Waals surface area contributed by atoms with Crippen LogP contribution in [0, 0.1) is 31.0 Å². The van der Waals surface area contributed by atoms with Gasteiger partial charge in [0.15, 0.2) is 0 Å². The van der Waals surface area contributed by atoms with Gasteiger partial charge >= 0.3 is 0 Å². The van der Waals surface area contributed by atoms with Gasteiger partial charge in [0.25, 0.3) is 0 Å². The number of hydrogen-bond donors (Lipinski definition) is 0. The molecule has 1 aliphatic carbocycles. The lowest BCUT2D eigenvalue weighted by molar-refractivity contribution is 0.544. The standard InChI is InChI=1S/C25H23N3S/c1-15-11-22(27-14-19(15)12-17-5-3-4-6-17)20-10-8-18(13-26)23-21-9-7-16(2)28-25(21)29-24(20)23/h7-11,14,17H,3-6,12H2,1-2H3/i1D3,2D3,12D2. The van der Waals surface area contributed by atoms with Crippen molar-refractivity contribution in [3.05, 3.63) is 58.9 Å². The molecule has 0 spiro atoms. The SMILES string of the molecule is [2H]C([2H])([2H])c1ccc2c(n1)sc1c(-c3cc(C([2H])([2H])[2H])c(C([2H])([2H])C4CCCC4)cn3)ccc(C#N)c12. The van der Waals surface area contributed by atoms with Crippen LogP contribution in [0.5, 0.6) is 0 Å². The number of thiophene rings is 1. The molecule has 0 radical (unpaired) electrons. The van der Waals surface area contributed by atoms with Crippen LogP contribution >= 0.6 is 11.3 Å². The Morgan fingerprint density at radius 2 is 2.14 bits per heavy atom. The van der Waals surface area contributed by atoms with E-state index in [1.165, 1.54) is 29.7 Å². The molecule has 1 fully saturated rings. The van der Waals surface area contributed by atoms with Gasteiger partial charge in [-0.05, 0) is 61.4 Å². The molecule has 0 N–H and O–H groups in total. The summed E-state index contributed by atoms with van der Waals surface area (Å²) in [6.07, 6.45) is 2.78. The molecule has 0 bridgehead atoms. The molecule has 1 saturated carbocycles. The Hall–Kier alpha value is -2.77. The Morgan fingerprint density at radius 1 is 1.24 bits per heavy atom. The Kier molecular flexibility index (Phi) is 2.85. The zero-order valence-corrected chi connectivity index (χ0v) is 16.4. The number of pyridine rings is 2. The van der Waals surface area contributed by atoms with Gasteiger partial charge in [-0.1, -0.05) is 31.7 Å². The number of rotatable bonds is 3. The molecule has 1 aliphatic rings. The fourth-order valence-corrected chi connectivity index (χ4v) is 5.29. The van der Waals surface area contributed by atoms with Crippen molar-refractivity contribution >= 4 is 31.6 Å². The van der Waals surface area contributed by atoms with Gasteiger partial charge in [-0.25, -0.2) is 4.98 Å². The molecule has 0 saturated heterocycles. The normalized spacial score (nSPS) is 20.1. The summed E-state index contributed by atoms with van der Waals surface area (Å²) in [7, 11) is 0. The third-order valence-corrected chi connectivity index (χ3v) is 6.63. The average molecular weight is 406 g/mol. The highest BCUT2D eigenvalue weighted by Crippen LogP contribution is 2.41. The van der Waals surface area contributed by atoms with Crippen molar-refractivity contribution in [2.45, 2.75) is 45.8 Å². The smallest absolute Gasteiger partial charge is 0.124 e. The van der Waals surface area contributed by atoms with Crippen molar-refractivity contribution in [1.29, 1.82) is 5.26 Å². The van der Waals surface area contributed by atoms with Crippen LogP contribution in [0.3, 0.4) is 0 Å². The summed E-state index contributed by atoms with van der Waals surface area (Å²) in [6.45, 7) is -4.93. The van der Waals surface area contributed by atoms with E-state index in [1.807, 2.05) is 0 Å². The lowest BCUT2D eigenvalue weighted by Crippen LogP contribution is -2.02. The third-order valence-electron chi connectivity index (χ3n) is 5.50. The van der Waals surface area contributed by atoms with Gasteiger partial charge in [0.2, 0.25) is 0 Å². The fraction of sp³-hybridized carbons (Fsp3) is 0.320. The number of aryl methyl sites for hydroxylation is 2. The summed E-state index contributed by atoms with van der Waals surface area (Å²) >= 11 is 1.22. The lowest BCUT2D eigenvalue weighted by Gasteiger charge is -2.13. The van der Waals surface area contributed by atoms with E-state index in [-0.39, 0.29) is 22.7 Å². The lowest BCUT2D eigenvalue weighted by atomic mass is 9.95. The minimum atomic E-state index is -2.55. The van der Waals surface area contributed by atoms with E-state index >= 15 is 0 Å². The molecule has 3 aromatic heterocycles. The van der Waals surface area contributed by atoms with Gasteiger partial charge in [0.1, 0.15) is 4.83 Å². The highest BCUT2D eigenvalue weighted by Gasteiger charge is 2.19. The number of hydrogen-bond acceptors (Lipinski definition) is 4. The first-order valence-electron chi connectivity index (χ1n) is 13.6. The maximum atomic E-state index is 9.75. The first-order valence-corrected chi connectivity index (χ1v) is 10.4. The first kappa shape index (κ1) is 11.4. The molecule has 0 atom stereocenters. The van der Waals surface area contributed by atoms with E-state index in [0.717, 1.165) is 12.8 Å². The summed E-state index contributed by atoms with van der Waals surface area (Å²) < 4.78 is 65.7. The summed E-state index contributed by atoms with van der Waals surface area (Å²) in [5.74, 6) is -0.260. The monoisotopic (exact) mass is 405 g/mol. The second kappa shape index (κ2) is 7.24. The van der Waals surface area contributed by atoms with Crippen LogP contribution in [-0.4, -0.2) is 9.97 Å². The summed E-state index contributed by atoms with van der Waals surface area (Å²) in [5.41, 5.74) is 1.27. The molecule has 0 amide bonds. The molecule has 0 aliphatic heterocycles. The van der Waals surface area contributed by atoms with Crippen molar-refractivity contribution in [2.24, 2.45) is 5.92 Å². The maximum Gasteiger partial charge on any atom is 0.124 e. The van der Waals surface area contributed by atoms with Crippen molar-refractivity contribution in [3.63, 3.8) is 0 Å². The van der Waals surface area contributed by atoms with E-state index in [4.69, 9.17) is 11.0 Å². The number of aromatic nitrogens is 2. The van der Waals surface area contributed by atoms with Crippen molar-refractivity contribution in [2.75, 3.05) is 0 Å². The molecule has 29 heavy (non-hydrogen) atoms. The van der Waals surface area contributed by atoms with Crippen LogP contribution < -0.4 is 0 Å². The van der Waals surface area contributed by atoms with Crippen LogP contribution in [0.1, 0.15) is 59.0 Å². The highest BCUT2D eigenvalue weighted by atomic mass is 32.1. The summed E-state index contributed by atoms with van der Waals surface area (Å²) in [4.78, 5) is 9.30. The Balaban J connectivity index is 1.73. The second-order valence-corrected chi connectivity index (χ2v) is 8.37. The van der Waals surface area contributed by atoms with E-state index < -0.39 is 20.1 Å².